The molecule has 28 heavy (non-hydrogen) atoms. The molecule has 0 unspecified atom stereocenters. The summed E-state index contributed by atoms with van der Waals surface area (Å²) < 4.78 is 11.3. The van der Waals surface area contributed by atoms with Crippen molar-refractivity contribution in [2.24, 2.45) is 0 Å². The van der Waals surface area contributed by atoms with Crippen LogP contribution in [-0.2, 0) is 11.1 Å². The highest BCUT2D eigenvalue weighted by Gasteiger charge is 2.19. The predicted octanol–water partition coefficient (Wildman–Crippen LogP) is -0.329. The smallest absolute Gasteiger partial charge is 0.356 e. The Hall–Kier alpha value is -0.830. The molecule has 1 saturated heterocycles. The predicted molar refractivity (Wildman–Crippen MR) is 110 cm³/mol. The average Bonchev–Trinajstić information content (AvgIpc) is 2.67. The van der Waals surface area contributed by atoms with Crippen molar-refractivity contribution in [1.29, 1.82) is 0 Å². The van der Waals surface area contributed by atoms with Crippen molar-refractivity contribution in [3.8, 4) is 0 Å². The highest BCUT2D eigenvalue weighted by atomic mass is 31.2. The van der Waals surface area contributed by atoms with E-state index in [2.05, 4.69) is 14.7 Å². The third-order valence-corrected chi connectivity index (χ3v) is 5.89. The topological polar surface area (TPSA) is 108 Å². The standard InChI is InChI=1S/C19H34N3O5P/c1-16(23)13-20-7-8-21(14-17(2)24)10-12-22(11-9-20)15-18-3-5-19(6-4-18)28(25,26)27/h3-6,16-17,23-24H,7-15H2,1-2H3,(H2,25,26,27)/t16-,17-/m0/s1. The maximum atomic E-state index is 11.3. The van der Waals surface area contributed by atoms with E-state index in [1.807, 2.05) is 0 Å². The minimum atomic E-state index is -4.22. The summed E-state index contributed by atoms with van der Waals surface area (Å²) in [6.07, 6.45) is -0.778. The van der Waals surface area contributed by atoms with Gasteiger partial charge in [-0.05, 0) is 31.5 Å². The minimum Gasteiger partial charge on any atom is -0.392 e. The summed E-state index contributed by atoms with van der Waals surface area (Å²) in [4.78, 5) is 25.3. The van der Waals surface area contributed by atoms with E-state index in [1.54, 1.807) is 26.0 Å². The molecule has 0 aromatic heterocycles. The molecular formula is C19H34N3O5P. The Morgan fingerprint density at radius 1 is 0.821 bits per heavy atom. The van der Waals surface area contributed by atoms with Crippen molar-refractivity contribution in [3.05, 3.63) is 29.8 Å². The van der Waals surface area contributed by atoms with E-state index in [4.69, 9.17) is 0 Å². The first-order chi connectivity index (χ1) is 13.1. The van der Waals surface area contributed by atoms with E-state index in [0.717, 1.165) is 44.8 Å². The van der Waals surface area contributed by atoms with Gasteiger partial charge in [-0.2, -0.15) is 0 Å². The molecule has 0 aliphatic carbocycles. The maximum Gasteiger partial charge on any atom is 0.356 e. The number of hydrogen-bond acceptors (Lipinski definition) is 6. The van der Waals surface area contributed by atoms with Crippen LogP contribution in [-0.4, -0.2) is 99.3 Å². The first-order valence-electron chi connectivity index (χ1n) is 9.81. The van der Waals surface area contributed by atoms with Crippen LogP contribution in [0.3, 0.4) is 0 Å². The van der Waals surface area contributed by atoms with Crippen LogP contribution < -0.4 is 5.30 Å². The van der Waals surface area contributed by atoms with Crippen LogP contribution in [0, 0.1) is 0 Å². The Morgan fingerprint density at radius 2 is 1.21 bits per heavy atom. The molecule has 2 rings (SSSR count). The third kappa shape index (κ3) is 8.27. The number of hydrogen-bond donors (Lipinski definition) is 4. The molecule has 1 heterocycles. The number of benzene rings is 1. The summed E-state index contributed by atoms with van der Waals surface area (Å²) in [5, 5.41) is 19.6. The molecule has 9 heteroatoms. The summed E-state index contributed by atoms with van der Waals surface area (Å²) in [6.45, 7) is 10.6. The monoisotopic (exact) mass is 415 g/mol. The lowest BCUT2D eigenvalue weighted by atomic mass is 10.2. The molecule has 4 N–H and O–H groups in total. The van der Waals surface area contributed by atoms with Gasteiger partial charge in [-0.25, -0.2) is 0 Å². The molecule has 1 fully saturated rings. The highest BCUT2D eigenvalue weighted by molar-refractivity contribution is 7.60. The molecule has 1 aliphatic heterocycles. The maximum absolute atomic E-state index is 11.3. The van der Waals surface area contributed by atoms with Crippen molar-refractivity contribution in [3.63, 3.8) is 0 Å². The minimum absolute atomic E-state index is 0.0342. The fraction of sp³-hybridized carbons (Fsp3) is 0.684. The fourth-order valence-corrected chi connectivity index (χ4v) is 4.05. The Kier molecular flexibility index (Phi) is 9.05. The van der Waals surface area contributed by atoms with Crippen molar-refractivity contribution < 1.29 is 24.6 Å². The molecule has 0 spiro atoms. The van der Waals surface area contributed by atoms with Gasteiger partial charge in [0, 0.05) is 58.9 Å². The third-order valence-electron chi connectivity index (χ3n) is 4.92. The molecule has 160 valence electrons. The lowest BCUT2D eigenvalue weighted by molar-refractivity contribution is 0.102. The van der Waals surface area contributed by atoms with Crippen LogP contribution in [0.5, 0.6) is 0 Å². The van der Waals surface area contributed by atoms with Gasteiger partial charge in [0.15, 0.2) is 0 Å². The second-order valence-corrected chi connectivity index (χ2v) is 9.39. The molecule has 8 nitrogen and oxygen atoms in total. The number of nitrogens with zero attached hydrogens (tertiary/aromatic N) is 3. The van der Waals surface area contributed by atoms with E-state index in [-0.39, 0.29) is 17.5 Å². The zero-order chi connectivity index (χ0) is 20.7. The van der Waals surface area contributed by atoms with Gasteiger partial charge in [0.25, 0.3) is 0 Å². The Labute approximate surface area is 167 Å². The summed E-state index contributed by atoms with van der Waals surface area (Å²) >= 11 is 0. The zero-order valence-electron chi connectivity index (χ0n) is 16.8. The number of β-amino-alcohol motifs (C(OH)–C–C–N with tert-alkyl or cyclic N) is 2. The second-order valence-electron chi connectivity index (χ2n) is 7.79. The zero-order valence-corrected chi connectivity index (χ0v) is 17.7. The Morgan fingerprint density at radius 3 is 1.57 bits per heavy atom. The first-order valence-corrected chi connectivity index (χ1v) is 11.4. The summed E-state index contributed by atoms with van der Waals surface area (Å²) in [5.74, 6) is 0. The lowest BCUT2D eigenvalue weighted by Gasteiger charge is -2.27. The van der Waals surface area contributed by atoms with Crippen molar-refractivity contribution in [2.75, 3.05) is 52.4 Å². The Balaban J connectivity index is 2.05. The van der Waals surface area contributed by atoms with Crippen molar-refractivity contribution in [2.45, 2.75) is 32.6 Å². The van der Waals surface area contributed by atoms with Gasteiger partial charge in [-0.15, -0.1) is 0 Å². The van der Waals surface area contributed by atoms with Crippen molar-refractivity contribution >= 4 is 12.9 Å². The van der Waals surface area contributed by atoms with Gasteiger partial charge in [0.1, 0.15) is 0 Å². The van der Waals surface area contributed by atoms with Gasteiger partial charge < -0.3 is 20.0 Å². The molecule has 0 amide bonds. The molecule has 0 saturated carbocycles. The van der Waals surface area contributed by atoms with Crippen molar-refractivity contribution in [1.82, 2.24) is 14.7 Å². The number of rotatable bonds is 7. The number of aliphatic hydroxyl groups excluding tert-OH is 2. The summed E-state index contributed by atoms with van der Waals surface area (Å²) in [6, 6.07) is 6.52. The average molecular weight is 415 g/mol. The van der Waals surface area contributed by atoms with Crippen LogP contribution >= 0.6 is 7.60 Å². The van der Waals surface area contributed by atoms with Gasteiger partial charge in [-0.1, -0.05) is 12.1 Å². The molecule has 0 radical (unpaired) electrons. The van der Waals surface area contributed by atoms with Crippen LogP contribution in [0.4, 0.5) is 0 Å². The summed E-state index contributed by atoms with van der Waals surface area (Å²) in [5.41, 5.74) is 1.00. The van der Waals surface area contributed by atoms with Gasteiger partial charge in [0.05, 0.1) is 17.5 Å². The molecule has 0 bridgehead atoms. The summed E-state index contributed by atoms with van der Waals surface area (Å²) in [7, 11) is -4.22. The quantitative estimate of drug-likeness (QED) is 0.449. The first kappa shape index (κ1) is 23.4. The second kappa shape index (κ2) is 10.8. The molecule has 1 aliphatic rings. The van der Waals surface area contributed by atoms with Gasteiger partial charge >= 0.3 is 7.60 Å². The normalized spacial score (nSPS) is 20.9. The number of aliphatic hydroxyl groups is 2. The molecular weight excluding hydrogens is 381 g/mol. The van der Waals surface area contributed by atoms with Gasteiger partial charge in [-0.3, -0.25) is 19.3 Å². The van der Waals surface area contributed by atoms with Gasteiger partial charge in [0.2, 0.25) is 0 Å². The molecule has 1 aromatic carbocycles. The van der Waals surface area contributed by atoms with Crippen LogP contribution in [0.1, 0.15) is 19.4 Å². The van der Waals surface area contributed by atoms with E-state index in [9.17, 15) is 24.6 Å². The fourth-order valence-electron chi connectivity index (χ4n) is 3.51. The highest BCUT2D eigenvalue weighted by Crippen LogP contribution is 2.32. The van der Waals surface area contributed by atoms with E-state index < -0.39 is 7.60 Å². The SMILES string of the molecule is C[C@H](O)CN1CCN(Cc2ccc(P(=O)(O)O)cc2)CCN(C[C@H](C)O)CC1. The Bertz CT molecular complexity index is 613. The van der Waals surface area contributed by atoms with E-state index >= 15 is 0 Å². The van der Waals surface area contributed by atoms with Crippen LogP contribution in [0.2, 0.25) is 0 Å². The van der Waals surface area contributed by atoms with Crippen LogP contribution in [0.15, 0.2) is 24.3 Å². The van der Waals surface area contributed by atoms with Crippen LogP contribution in [0.25, 0.3) is 0 Å². The van der Waals surface area contributed by atoms with E-state index in [1.165, 1.54) is 12.1 Å². The largest absolute Gasteiger partial charge is 0.392 e. The molecule has 2 atom stereocenters. The molecule has 1 aromatic rings. The van der Waals surface area contributed by atoms with E-state index in [0.29, 0.717) is 19.6 Å². The lowest BCUT2D eigenvalue weighted by Crippen LogP contribution is -2.41.